The van der Waals surface area contributed by atoms with Crippen molar-refractivity contribution >= 4 is 16.7 Å². The standard InChI is InChI=1S/C7H9NO3S/c1-12(10)6(7(8)9)5-3-2-4-11-5/h2-4,6H,1H3,(H2,8,9). The summed E-state index contributed by atoms with van der Waals surface area (Å²) in [6.07, 6.45) is 2.83. The second kappa shape index (κ2) is 3.53. The average Bonchev–Trinajstić information content (AvgIpc) is 2.37. The largest absolute Gasteiger partial charge is 0.468 e. The molecule has 0 aliphatic carbocycles. The van der Waals surface area contributed by atoms with Crippen LogP contribution < -0.4 is 5.73 Å². The molecule has 1 aromatic rings. The Morgan fingerprint density at radius 3 is 2.75 bits per heavy atom. The molecule has 4 nitrogen and oxygen atoms in total. The zero-order chi connectivity index (χ0) is 9.14. The van der Waals surface area contributed by atoms with Gasteiger partial charge in [-0.2, -0.15) is 0 Å². The lowest BCUT2D eigenvalue weighted by molar-refractivity contribution is -0.117. The van der Waals surface area contributed by atoms with Gasteiger partial charge in [0.05, 0.1) is 6.26 Å². The highest BCUT2D eigenvalue weighted by Gasteiger charge is 2.24. The van der Waals surface area contributed by atoms with Crippen LogP contribution in [0.25, 0.3) is 0 Å². The van der Waals surface area contributed by atoms with Crippen LogP contribution in [0.4, 0.5) is 0 Å². The second-order valence-electron chi connectivity index (χ2n) is 2.30. The van der Waals surface area contributed by atoms with Crippen LogP contribution in [-0.4, -0.2) is 16.4 Å². The predicted octanol–water partition coefficient (Wildman–Crippen LogP) is 0.184. The molecule has 0 saturated heterocycles. The van der Waals surface area contributed by atoms with E-state index in [0.29, 0.717) is 5.76 Å². The highest BCUT2D eigenvalue weighted by molar-refractivity contribution is 7.85. The number of primary amides is 1. The van der Waals surface area contributed by atoms with Crippen molar-refractivity contribution in [1.82, 2.24) is 0 Å². The molecule has 66 valence electrons. The summed E-state index contributed by atoms with van der Waals surface area (Å²) < 4.78 is 16.0. The fourth-order valence-electron chi connectivity index (χ4n) is 0.908. The van der Waals surface area contributed by atoms with Crippen LogP contribution in [0.1, 0.15) is 11.0 Å². The normalized spacial score (nSPS) is 15.4. The minimum atomic E-state index is -1.33. The molecule has 1 aromatic heterocycles. The Morgan fingerprint density at radius 2 is 2.42 bits per heavy atom. The molecule has 5 heteroatoms. The number of carbonyl (C=O) groups excluding carboxylic acids is 1. The van der Waals surface area contributed by atoms with Crippen LogP contribution in [0.15, 0.2) is 22.8 Å². The van der Waals surface area contributed by atoms with Crippen LogP contribution in [-0.2, 0) is 15.6 Å². The van der Waals surface area contributed by atoms with Crippen molar-refractivity contribution in [1.29, 1.82) is 0 Å². The topological polar surface area (TPSA) is 73.3 Å². The Labute approximate surface area is 72.2 Å². The fraction of sp³-hybridized carbons (Fsp3) is 0.286. The van der Waals surface area contributed by atoms with Gasteiger partial charge in [-0.25, -0.2) is 0 Å². The summed E-state index contributed by atoms with van der Waals surface area (Å²) in [6.45, 7) is 0. The molecular weight excluding hydrogens is 178 g/mol. The summed E-state index contributed by atoms with van der Waals surface area (Å²) in [7, 11) is -1.33. The molecule has 0 aliphatic rings. The third kappa shape index (κ3) is 1.73. The van der Waals surface area contributed by atoms with Gasteiger partial charge in [0.25, 0.3) is 0 Å². The number of nitrogens with two attached hydrogens (primary N) is 1. The van der Waals surface area contributed by atoms with Crippen molar-refractivity contribution in [2.24, 2.45) is 5.73 Å². The molecule has 0 bridgehead atoms. The van der Waals surface area contributed by atoms with E-state index >= 15 is 0 Å². The first-order chi connectivity index (χ1) is 5.63. The molecule has 1 rings (SSSR count). The molecule has 0 aliphatic heterocycles. The number of amides is 1. The van der Waals surface area contributed by atoms with Gasteiger partial charge in [-0.1, -0.05) is 0 Å². The summed E-state index contributed by atoms with van der Waals surface area (Å²) in [5.41, 5.74) is 5.04. The predicted molar refractivity (Wildman–Crippen MR) is 44.7 cm³/mol. The van der Waals surface area contributed by atoms with E-state index in [4.69, 9.17) is 10.2 Å². The van der Waals surface area contributed by atoms with Crippen LogP contribution in [0, 0.1) is 0 Å². The molecule has 0 aromatic carbocycles. The first-order valence-electron chi connectivity index (χ1n) is 3.28. The molecule has 1 amide bonds. The van der Waals surface area contributed by atoms with E-state index in [0.717, 1.165) is 0 Å². The van der Waals surface area contributed by atoms with E-state index in [1.807, 2.05) is 0 Å². The van der Waals surface area contributed by atoms with Gasteiger partial charge in [0.15, 0.2) is 5.25 Å². The van der Waals surface area contributed by atoms with Gasteiger partial charge in [-0.05, 0) is 12.1 Å². The van der Waals surface area contributed by atoms with Crippen molar-refractivity contribution in [3.05, 3.63) is 24.2 Å². The molecule has 2 unspecified atom stereocenters. The summed E-state index contributed by atoms with van der Waals surface area (Å²) in [5.74, 6) is -0.283. The van der Waals surface area contributed by atoms with Gasteiger partial charge in [-0.15, -0.1) is 0 Å². The first kappa shape index (κ1) is 8.99. The van der Waals surface area contributed by atoms with Crippen LogP contribution >= 0.6 is 0 Å². The van der Waals surface area contributed by atoms with Crippen molar-refractivity contribution in [2.45, 2.75) is 5.25 Å². The minimum absolute atomic E-state index is 0.350. The number of rotatable bonds is 3. The fourth-order valence-corrected chi connectivity index (χ4v) is 1.70. The van der Waals surface area contributed by atoms with Crippen LogP contribution in [0.2, 0.25) is 0 Å². The Morgan fingerprint density at radius 1 is 1.75 bits per heavy atom. The summed E-state index contributed by atoms with van der Waals surface area (Å²) in [6, 6.07) is 3.20. The van der Waals surface area contributed by atoms with Gasteiger partial charge in [-0.3, -0.25) is 9.00 Å². The monoisotopic (exact) mass is 187 g/mol. The molecular formula is C7H9NO3S. The maximum atomic E-state index is 11.0. The molecule has 0 radical (unpaired) electrons. The molecule has 2 atom stereocenters. The zero-order valence-corrected chi connectivity index (χ0v) is 7.34. The van der Waals surface area contributed by atoms with E-state index in [-0.39, 0.29) is 0 Å². The quantitative estimate of drug-likeness (QED) is 0.733. The van der Waals surface area contributed by atoms with E-state index in [2.05, 4.69) is 0 Å². The minimum Gasteiger partial charge on any atom is -0.468 e. The Bertz CT molecular complexity index is 280. The summed E-state index contributed by atoms with van der Waals surface area (Å²) >= 11 is 0. The van der Waals surface area contributed by atoms with Crippen molar-refractivity contribution in [3.8, 4) is 0 Å². The summed E-state index contributed by atoms with van der Waals surface area (Å²) in [5, 5.41) is -0.833. The summed E-state index contributed by atoms with van der Waals surface area (Å²) in [4.78, 5) is 10.8. The van der Waals surface area contributed by atoms with Crippen LogP contribution in [0.3, 0.4) is 0 Å². The van der Waals surface area contributed by atoms with Crippen molar-refractivity contribution in [3.63, 3.8) is 0 Å². The van der Waals surface area contributed by atoms with Gasteiger partial charge in [0.2, 0.25) is 5.91 Å². The maximum Gasteiger partial charge on any atom is 0.240 e. The highest BCUT2D eigenvalue weighted by Crippen LogP contribution is 2.18. The smallest absolute Gasteiger partial charge is 0.240 e. The highest BCUT2D eigenvalue weighted by atomic mass is 32.2. The molecule has 0 saturated carbocycles. The third-order valence-corrected chi connectivity index (χ3v) is 2.52. The van der Waals surface area contributed by atoms with Gasteiger partial charge >= 0.3 is 0 Å². The van der Waals surface area contributed by atoms with E-state index in [9.17, 15) is 9.00 Å². The van der Waals surface area contributed by atoms with Gasteiger partial charge in [0, 0.05) is 17.1 Å². The first-order valence-corrected chi connectivity index (χ1v) is 4.90. The van der Waals surface area contributed by atoms with E-state index < -0.39 is 22.0 Å². The lowest BCUT2D eigenvalue weighted by atomic mass is 10.3. The molecule has 0 fully saturated rings. The van der Waals surface area contributed by atoms with Gasteiger partial charge < -0.3 is 10.2 Å². The zero-order valence-electron chi connectivity index (χ0n) is 6.52. The Hall–Kier alpha value is -1.10. The molecule has 1 heterocycles. The van der Waals surface area contributed by atoms with E-state index in [1.54, 1.807) is 12.1 Å². The molecule has 0 spiro atoms. The number of furan rings is 1. The van der Waals surface area contributed by atoms with Gasteiger partial charge in [0.1, 0.15) is 5.76 Å². The Kier molecular flexibility index (Phi) is 2.65. The Balaban J connectivity index is 2.96. The number of carbonyl (C=O) groups is 1. The SMILES string of the molecule is CS(=O)C(C(N)=O)c1ccco1. The molecule has 12 heavy (non-hydrogen) atoms. The van der Waals surface area contributed by atoms with Crippen LogP contribution in [0.5, 0.6) is 0 Å². The van der Waals surface area contributed by atoms with E-state index in [1.165, 1.54) is 12.5 Å². The third-order valence-electron chi connectivity index (χ3n) is 1.39. The number of hydrogen-bond donors (Lipinski definition) is 1. The molecule has 2 N–H and O–H groups in total. The lowest BCUT2D eigenvalue weighted by Gasteiger charge is -2.05. The second-order valence-corrected chi connectivity index (χ2v) is 3.77. The van der Waals surface area contributed by atoms with Crippen molar-refractivity contribution < 1.29 is 13.4 Å². The lowest BCUT2D eigenvalue weighted by Crippen LogP contribution is -2.24. The maximum absolute atomic E-state index is 11.0. The van der Waals surface area contributed by atoms with Crippen molar-refractivity contribution in [2.75, 3.05) is 6.26 Å². The average molecular weight is 187 g/mol. The number of hydrogen-bond acceptors (Lipinski definition) is 3.